The molecule has 3 atom stereocenters. The van der Waals surface area contributed by atoms with Gasteiger partial charge in [0, 0.05) is 19.4 Å². The van der Waals surface area contributed by atoms with Crippen molar-refractivity contribution < 1.29 is 19.1 Å². The Balaban J connectivity index is 1.41. The van der Waals surface area contributed by atoms with Crippen LogP contribution in [-0.4, -0.2) is 46.7 Å². The second kappa shape index (κ2) is 6.45. The molecule has 140 valence electrons. The number of β-lactam (4-membered cyclic amide) rings is 1. The molecule has 0 saturated carbocycles. The minimum Gasteiger partial charge on any atom is -0.456 e. The lowest BCUT2D eigenvalue weighted by atomic mass is 10.0. The number of rotatable bonds is 4. The van der Waals surface area contributed by atoms with Gasteiger partial charge in [-0.1, -0.05) is 35.6 Å². The molecule has 2 unspecified atom stereocenters. The van der Waals surface area contributed by atoms with Crippen molar-refractivity contribution in [1.29, 1.82) is 0 Å². The normalized spacial score (nSPS) is 28.9. The third-order valence-corrected chi connectivity index (χ3v) is 5.47. The van der Waals surface area contributed by atoms with Crippen molar-refractivity contribution in [2.24, 2.45) is 10.3 Å². The zero-order valence-electron chi connectivity index (χ0n) is 14.8. The fourth-order valence-corrected chi connectivity index (χ4v) is 4.10. The summed E-state index contributed by atoms with van der Waals surface area (Å²) in [4.78, 5) is 26.5. The third kappa shape index (κ3) is 2.71. The van der Waals surface area contributed by atoms with E-state index in [0.29, 0.717) is 30.8 Å². The van der Waals surface area contributed by atoms with Crippen LogP contribution < -0.4 is 0 Å². The second-order valence-electron chi connectivity index (χ2n) is 7.20. The van der Waals surface area contributed by atoms with Gasteiger partial charge in [0.25, 0.3) is 0 Å². The molecule has 1 aromatic rings. The number of hydrogen-bond donors (Lipinski definition) is 0. The maximum absolute atomic E-state index is 12.9. The second-order valence-corrected chi connectivity index (χ2v) is 7.20. The van der Waals surface area contributed by atoms with Crippen LogP contribution in [0.3, 0.4) is 0 Å². The quantitative estimate of drug-likeness (QED) is 0.600. The molecule has 0 N–H and O–H groups in total. The molecule has 8 nitrogen and oxygen atoms in total. The van der Waals surface area contributed by atoms with E-state index in [-0.39, 0.29) is 30.8 Å². The van der Waals surface area contributed by atoms with Crippen LogP contribution in [0.5, 0.6) is 0 Å². The van der Waals surface area contributed by atoms with Crippen molar-refractivity contribution in [3.63, 3.8) is 0 Å². The molecule has 4 aliphatic heterocycles. The number of nitrogens with zero attached hydrogens (tertiary/aromatic N) is 4. The van der Waals surface area contributed by atoms with Crippen molar-refractivity contribution in [1.82, 2.24) is 9.91 Å². The molecule has 5 rings (SSSR count). The van der Waals surface area contributed by atoms with Crippen molar-refractivity contribution in [2.45, 2.75) is 50.6 Å². The van der Waals surface area contributed by atoms with E-state index >= 15 is 0 Å². The number of esters is 1. The number of ether oxygens (including phenoxy) is 2. The van der Waals surface area contributed by atoms with E-state index in [9.17, 15) is 9.59 Å². The highest BCUT2D eigenvalue weighted by atomic mass is 16.5. The Morgan fingerprint density at radius 1 is 1.26 bits per heavy atom. The highest BCUT2D eigenvalue weighted by Gasteiger charge is 2.52. The molecule has 1 amide bonds. The first-order valence-corrected chi connectivity index (χ1v) is 9.30. The van der Waals surface area contributed by atoms with Crippen molar-refractivity contribution in [2.75, 3.05) is 6.61 Å². The molecule has 0 spiro atoms. The first-order chi connectivity index (χ1) is 13.2. The summed E-state index contributed by atoms with van der Waals surface area (Å²) >= 11 is 0. The first kappa shape index (κ1) is 16.4. The molecule has 8 heteroatoms. The first-order valence-electron chi connectivity index (χ1n) is 9.30. The summed E-state index contributed by atoms with van der Waals surface area (Å²) in [5, 5.41) is 10.3. The number of fused-ring (bicyclic) bond motifs is 2. The predicted octanol–water partition coefficient (Wildman–Crippen LogP) is 2.13. The topological polar surface area (TPSA) is 83.8 Å². The molecule has 2 fully saturated rings. The Morgan fingerprint density at radius 3 is 2.93 bits per heavy atom. The lowest BCUT2D eigenvalue weighted by Gasteiger charge is -2.35. The molecule has 0 bridgehead atoms. The van der Waals surface area contributed by atoms with Gasteiger partial charge in [0.1, 0.15) is 12.6 Å². The smallest absolute Gasteiger partial charge is 0.357 e. The van der Waals surface area contributed by atoms with Gasteiger partial charge in [-0.3, -0.25) is 4.79 Å². The Labute approximate surface area is 156 Å². The van der Waals surface area contributed by atoms with Gasteiger partial charge in [0.05, 0.1) is 11.7 Å². The molecule has 2 saturated heterocycles. The van der Waals surface area contributed by atoms with Gasteiger partial charge in [-0.15, -0.1) is 0 Å². The number of carbonyl (C=O) groups is 2. The van der Waals surface area contributed by atoms with E-state index in [0.717, 1.165) is 18.4 Å². The summed E-state index contributed by atoms with van der Waals surface area (Å²) in [5.74, 6) is -0.558. The van der Waals surface area contributed by atoms with Gasteiger partial charge in [-0.05, 0) is 18.4 Å². The van der Waals surface area contributed by atoms with Crippen LogP contribution in [0.4, 0.5) is 0 Å². The summed E-state index contributed by atoms with van der Waals surface area (Å²) in [6.07, 6.45) is 2.59. The molecular formula is C19H20N4O4. The minimum atomic E-state index is -0.501. The maximum atomic E-state index is 12.9. The number of hydrogen-bond acceptors (Lipinski definition) is 7. The fourth-order valence-electron chi connectivity index (χ4n) is 4.10. The van der Waals surface area contributed by atoms with Crippen LogP contribution in [-0.2, 0) is 25.7 Å². The van der Waals surface area contributed by atoms with Gasteiger partial charge in [-0.2, -0.15) is 5.11 Å². The van der Waals surface area contributed by atoms with Crippen LogP contribution in [0, 0.1) is 0 Å². The summed E-state index contributed by atoms with van der Waals surface area (Å²) in [6, 6.07) is 9.47. The SMILES string of the molecule is O=C(OCc1ccccc1)C1=C(N2N=NC3CCCOC32)C[C@@H]2CC(=O)N12. The zero-order chi connectivity index (χ0) is 18.4. The molecule has 1 aromatic carbocycles. The number of carbonyl (C=O) groups excluding carboxylic acids is 2. The van der Waals surface area contributed by atoms with Gasteiger partial charge in [0.15, 0.2) is 11.9 Å². The molecule has 0 aliphatic carbocycles. The van der Waals surface area contributed by atoms with Crippen LogP contribution in [0.2, 0.25) is 0 Å². The average Bonchev–Trinajstić information content (AvgIpc) is 3.25. The largest absolute Gasteiger partial charge is 0.456 e. The van der Waals surface area contributed by atoms with Crippen molar-refractivity contribution >= 4 is 11.9 Å². The third-order valence-electron chi connectivity index (χ3n) is 5.47. The van der Waals surface area contributed by atoms with E-state index in [1.807, 2.05) is 30.3 Å². The fraction of sp³-hybridized carbons (Fsp3) is 0.474. The lowest BCUT2D eigenvalue weighted by molar-refractivity contribution is -0.151. The highest BCUT2D eigenvalue weighted by Crippen LogP contribution is 2.43. The molecular weight excluding hydrogens is 348 g/mol. The van der Waals surface area contributed by atoms with Crippen molar-refractivity contribution in [3.05, 3.63) is 47.3 Å². The summed E-state index contributed by atoms with van der Waals surface area (Å²) in [7, 11) is 0. The molecule has 0 aromatic heterocycles. The lowest BCUT2D eigenvalue weighted by Crippen LogP contribution is -2.49. The summed E-state index contributed by atoms with van der Waals surface area (Å²) in [5.41, 5.74) is 1.87. The van der Waals surface area contributed by atoms with E-state index in [1.54, 1.807) is 9.91 Å². The molecule has 0 radical (unpaired) electrons. The monoisotopic (exact) mass is 368 g/mol. The molecule has 4 aliphatic rings. The average molecular weight is 368 g/mol. The molecule has 27 heavy (non-hydrogen) atoms. The van der Waals surface area contributed by atoms with Crippen LogP contribution >= 0.6 is 0 Å². The maximum Gasteiger partial charge on any atom is 0.357 e. The van der Waals surface area contributed by atoms with Gasteiger partial charge in [0.2, 0.25) is 5.91 Å². The van der Waals surface area contributed by atoms with Crippen molar-refractivity contribution in [3.8, 4) is 0 Å². The van der Waals surface area contributed by atoms with Crippen LogP contribution in [0.25, 0.3) is 0 Å². The van der Waals surface area contributed by atoms with Gasteiger partial charge in [-0.25, -0.2) is 9.80 Å². The Morgan fingerprint density at radius 2 is 2.11 bits per heavy atom. The van der Waals surface area contributed by atoms with E-state index < -0.39 is 5.97 Å². The van der Waals surface area contributed by atoms with Crippen LogP contribution in [0.15, 0.2) is 52.1 Å². The highest BCUT2D eigenvalue weighted by molar-refractivity contribution is 5.99. The number of benzene rings is 1. The summed E-state index contributed by atoms with van der Waals surface area (Å²) < 4.78 is 11.4. The Kier molecular flexibility index (Phi) is 3.93. The summed E-state index contributed by atoms with van der Waals surface area (Å²) in [6.45, 7) is 0.809. The molecule has 4 heterocycles. The van der Waals surface area contributed by atoms with Gasteiger partial charge >= 0.3 is 5.97 Å². The zero-order valence-corrected chi connectivity index (χ0v) is 14.8. The van der Waals surface area contributed by atoms with E-state index in [2.05, 4.69) is 10.3 Å². The van der Waals surface area contributed by atoms with Crippen LogP contribution in [0.1, 0.15) is 31.2 Å². The standard InChI is InChI=1S/C19H20N4O4/c24-16-10-13-9-15(23-18-14(20-21-23)7-4-8-26-18)17(22(13)16)19(25)27-11-12-5-2-1-3-6-12/h1-3,5-6,13-14,18H,4,7-11H2/t13-,14?,18?/m1/s1. The Hall–Kier alpha value is -2.74. The minimum absolute atomic E-state index is 0.00427. The number of amides is 1. The van der Waals surface area contributed by atoms with Gasteiger partial charge < -0.3 is 14.4 Å². The Bertz CT molecular complexity index is 837. The predicted molar refractivity (Wildman–Crippen MR) is 92.6 cm³/mol. The van der Waals surface area contributed by atoms with E-state index in [4.69, 9.17) is 9.47 Å². The van der Waals surface area contributed by atoms with E-state index in [1.165, 1.54) is 0 Å².